The Morgan fingerprint density at radius 2 is 1.78 bits per heavy atom. The largest absolute Gasteiger partial charge is 0.444 e. The molecule has 0 spiro atoms. The fourth-order valence-electron chi connectivity index (χ4n) is 4.29. The maximum absolute atomic E-state index is 13.6. The minimum absolute atomic E-state index is 0.0505. The summed E-state index contributed by atoms with van der Waals surface area (Å²) in [5.41, 5.74) is 2.69. The van der Waals surface area contributed by atoms with Gasteiger partial charge in [-0.05, 0) is 82.5 Å². The van der Waals surface area contributed by atoms with Crippen LogP contribution in [0.2, 0.25) is 5.02 Å². The van der Waals surface area contributed by atoms with Gasteiger partial charge < -0.3 is 15.0 Å². The first-order valence-electron chi connectivity index (χ1n) is 11.9. The molecule has 0 saturated carbocycles. The number of nitrogens with zero attached hydrogens (tertiary/aromatic N) is 3. The molecule has 36 heavy (non-hydrogen) atoms. The van der Waals surface area contributed by atoms with Crippen LogP contribution in [0.4, 0.5) is 14.9 Å². The summed E-state index contributed by atoms with van der Waals surface area (Å²) in [5.74, 6) is -0.741. The summed E-state index contributed by atoms with van der Waals surface area (Å²) in [4.78, 5) is 27.6. The zero-order valence-electron chi connectivity index (χ0n) is 20.8. The molecule has 4 rings (SSSR count). The van der Waals surface area contributed by atoms with Crippen molar-refractivity contribution < 1.29 is 18.7 Å². The Morgan fingerprint density at radius 1 is 1.11 bits per heavy atom. The molecule has 2 amide bonds. The van der Waals surface area contributed by atoms with Gasteiger partial charge in [0, 0.05) is 19.0 Å². The Hall–Kier alpha value is -3.39. The summed E-state index contributed by atoms with van der Waals surface area (Å²) < 4.78 is 20.8. The van der Waals surface area contributed by atoms with Crippen LogP contribution in [0.5, 0.6) is 0 Å². The van der Waals surface area contributed by atoms with E-state index < -0.39 is 5.60 Å². The van der Waals surface area contributed by atoms with Gasteiger partial charge in [-0.25, -0.2) is 13.9 Å². The molecule has 2 aromatic carbocycles. The van der Waals surface area contributed by atoms with Crippen LogP contribution in [0, 0.1) is 12.7 Å². The summed E-state index contributed by atoms with van der Waals surface area (Å²) in [6, 6.07) is 11.4. The van der Waals surface area contributed by atoms with Crippen molar-refractivity contribution in [1.29, 1.82) is 0 Å². The molecule has 0 bridgehead atoms. The number of anilines is 1. The van der Waals surface area contributed by atoms with Gasteiger partial charge in [-0.3, -0.25) is 4.79 Å². The number of benzene rings is 2. The smallest absolute Gasteiger partial charge is 0.410 e. The minimum atomic E-state index is -0.572. The number of rotatable bonds is 4. The van der Waals surface area contributed by atoms with Crippen LogP contribution in [0.15, 0.2) is 48.7 Å². The molecular weight excluding hydrogens is 483 g/mol. The highest BCUT2D eigenvalue weighted by Gasteiger charge is 2.32. The Kier molecular flexibility index (Phi) is 7.36. The van der Waals surface area contributed by atoms with Gasteiger partial charge in [0.15, 0.2) is 0 Å². The average Bonchev–Trinajstić information content (AvgIpc) is 3.25. The maximum Gasteiger partial charge on any atom is 0.410 e. The molecule has 0 unspecified atom stereocenters. The lowest BCUT2D eigenvalue weighted by Crippen LogP contribution is -2.41. The number of halogens is 2. The molecule has 1 aliphatic rings. The summed E-state index contributed by atoms with van der Waals surface area (Å²) >= 11 is 6.34. The van der Waals surface area contributed by atoms with E-state index in [0.717, 1.165) is 5.56 Å². The van der Waals surface area contributed by atoms with Gasteiger partial charge in [0.2, 0.25) is 0 Å². The lowest BCUT2D eigenvalue weighted by molar-refractivity contribution is 0.0203. The number of carbonyl (C=O) groups excluding carboxylic acids is 2. The Morgan fingerprint density at radius 3 is 2.39 bits per heavy atom. The molecular formula is C27H30ClFN4O3. The highest BCUT2D eigenvalue weighted by Crippen LogP contribution is 2.33. The van der Waals surface area contributed by atoms with E-state index in [1.807, 2.05) is 33.8 Å². The number of amides is 2. The van der Waals surface area contributed by atoms with Crippen molar-refractivity contribution in [2.75, 3.05) is 18.4 Å². The molecule has 1 N–H and O–H groups in total. The fourth-order valence-corrected chi connectivity index (χ4v) is 4.57. The molecule has 7 nitrogen and oxygen atoms in total. The zero-order chi connectivity index (χ0) is 26.0. The zero-order valence-corrected chi connectivity index (χ0v) is 21.6. The molecule has 3 aromatic rings. The summed E-state index contributed by atoms with van der Waals surface area (Å²) in [6.45, 7) is 8.41. The van der Waals surface area contributed by atoms with E-state index in [4.69, 9.17) is 16.3 Å². The number of likely N-dealkylation sites (tertiary alicyclic amines) is 1. The molecule has 9 heteroatoms. The normalized spacial score (nSPS) is 14.6. The van der Waals surface area contributed by atoms with Gasteiger partial charge in [0.05, 0.1) is 33.9 Å². The minimum Gasteiger partial charge on any atom is -0.444 e. The number of hydrogen-bond donors (Lipinski definition) is 1. The molecule has 1 fully saturated rings. The van der Waals surface area contributed by atoms with E-state index >= 15 is 0 Å². The summed E-state index contributed by atoms with van der Waals surface area (Å²) in [5, 5.41) is 7.83. The Labute approximate surface area is 215 Å². The first-order valence-corrected chi connectivity index (χ1v) is 12.3. The van der Waals surface area contributed by atoms with Crippen LogP contribution >= 0.6 is 11.6 Å². The maximum atomic E-state index is 13.6. The second kappa shape index (κ2) is 10.3. The first kappa shape index (κ1) is 25.7. The van der Waals surface area contributed by atoms with E-state index in [-0.39, 0.29) is 23.7 Å². The van der Waals surface area contributed by atoms with Crippen LogP contribution < -0.4 is 5.32 Å². The van der Waals surface area contributed by atoms with Crippen molar-refractivity contribution >= 4 is 29.3 Å². The average molecular weight is 513 g/mol. The lowest BCUT2D eigenvalue weighted by Gasteiger charge is -2.34. The van der Waals surface area contributed by atoms with E-state index in [2.05, 4.69) is 10.4 Å². The predicted molar refractivity (Wildman–Crippen MR) is 137 cm³/mol. The predicted octanol–water partition coefficient (Wildman–Crippen LogP) is 6.34. The SMILES string of the molecule is Cc1ccc(NC(=O)c2cnn(-c3ccc(F)cc3)c2C2CCN(C(=O)OC(C)(C)C)CC2)c(Cl)c1. The molecule has 0 atom stereocenters. The number of carbonyl (C=O) groups is 2. The van der Waals surface area contributed by atoms with Crippen LogP contribution in [-0.4, -0.2) is 45.4 Å². The Balaban J connectivity index is 1.62. The van der Waals surface area contributed by atoms with Crippen LogP contribution in [-0.2, 0) is 4.74 Å². The van der Waals surface area contributed by atoms with E-state index in [1.54, 1.807) is 33.8 Å². The van der Waals surface area contributed by atoms with Crippen molar-refractivity contribution in [2.45, 2.75) is 52.1 Å². The van der Waals surface area contributed by atoms with Crippen LogP contribution in [0.25, 0.3) is 5.69 Å². The van der Waals surface area contributed by atoms with Crippen molar-refractivity contribution in [3.8, 4) is 5.69 Å². The third-order valence-corrected chi connectivity index (χ3v) is 6.34. The van der Waals surface area contributed by atoms with Crippen LogP contribution in [0.1, 0.15) is 61.1 Å². The highest BCUT2D eigenvalue weighted by molar-refractivity contribution is 6.34. The molecule has 0 radical (unpaired) electrons. The molecule has 1 aromatic heterocycles. The number of aryl methyl sites for hydroxylation is 1. The lowest BCUT2D eigenvalue weighted by atomic mass is 9.90. The molecule has 1 aliphatic heterocycles. The number of hydrogen-bond acceptors (Lipinski definition) is 4. The van der Waals surface area contributed by atoms with E-state index in [1.165, 1.54) is 18.3 Å². The fraction of sp³-hybridized carbons (Fsp3) is 0.370. The Bertz CT molecular complexity index is 1260. The van der Waals surface area contributed by atoms with E-state index in [0.29, 0.717) is 53.6 Å². The number of aromatic nitrogens is 2. The van der Waals surface area contributed by atoms with Gasteiger partial charge in [0.1, 0.15) is 11.4 Å². The van der Waals surface area contributed by atoms with E-state index in [9.17, 15) is 14.0 Å². The van der Waals surface area contributed by atoms with Crippen molar-refractivity contribution in [3.63, 3.8) is 0 Å². The number of nitrogens with one attached hydrogen (secondary N) is 1. The summed E-state index contributed by atoms with van der Waals surface area (Å²) in [7, 11) is 0. The molecule has 2 heterocycles. The van der Waals surface area contributed by atoms with Crippen molar-refractivity contribution in [2.24, 2.45) is 0 Å². The quantitative estimate of drug-likeness (QED) is 0.442. The molecule has 0 aliphatic carbocycles. The van der Waals surface area contributed by atoms with Gasteiger partial charge in [-0.15, -0.1) is 0 Å². The monoisotopic (exact) mass is 512 g/mol. The summed E-state index contributed by atoms with van der Waals surface area (Å²) in [6.07, 6.45) is 2.42. The standard InChI is InChI=1S/C27H30ClFN4O3/c1-17-5-10-23(22(28)15-17)31-25(34)21-16-30-33(20-8-6-19(29)7-9-20)24(21)18-11-13-32(14-12-18)26(35)36-27(2,3)4/h5-10,15-16,18H,11-14H2,1-4H3,(H,31,34). The molecule has 190 valence electrons. The van der Waals surface area contributed by atoms with Crippen molar-refractivity contribution in [3.05, 3.63) is 76.3 Å². The second-order valence-electron chi connectivity index (χ2n) is 10.0. The third kappa shape index (κ3) is 5.87. The topological polar surface area (TPSA) is 76.5 Å². The van der Waals surface area contributed by atoms with Gasteiger partial charge in [-0.1, -0.05) is 17.7 Å². The third-order valence-electron chi connectivity index (χ3n) is 6.03. The van der Waals surface area contributed by atoms with Gasteiger partial charge in [0.25, 0.3) is 5.91 Å². The van der Waals surface area contributed by atoms with Gasteiger partial charge >= 0.3 is 6.09 Å². The molecule has 1 saturated heterocycles. The number of piperidine rings is 1. The highest BCUT2D eigenvalue weighted by atomic mass is 35.5. The van der Waals surface area contributed by atoms with Crippen molar-refractivity contribution in [1.82, 2.24) is 14.7 Å². The second-order valence-corrected chi connectivity index (χ2v) is 10.4. The number of ether oxygens (including phenoxy) is 1. The first-order chi connectivity index (χ1) is 17.0. The van der Waals surface area contributed by atoms with Gasteiger partial charge in [-0.2, -0.15) is 5.10 Å². The van der Waals surface area contributed by atoms with Crippen LogP contribution in [0.3, 0.4) is 0 Å².